The van der Waals surface area contributed by atoms with Gasteiger partial charge < -0.3 is 5.32 Å². The number of para-hydroxylation sites is 1. The third-order valence-electron chi connectivity index (χ3n) is 3.03. The van der Waals surface area contributed by atoms with Gasteiger partial charge in [0.2, 0.25) is 0 Å². The van der Waals surface area contributed by atoms with Crippen LogP contribution in [0.2, 0.25) is 0 Å². The van der Waals surface area contributed by atoms with Crippen molar-refractivity contribution in [1.29, 1.82) is 0 Å². The molecule has 1 N–H and O–H groups in total. The molecule has 0 saturated carbocycles. The van der Waals surface area contributed by atoms with Gasteiger partial charge in [-0.3, -0.25) is 0 Å². The smallest absolute Gasteiger partial charge is 0.384 e. The SMILES string of the molecule is CCCC(CCCl)CNc1ccccc1C(F)(F)F. The highest BCUT2D eigenvalue weighted by Crippen LogP contribution is 2.34. The van der Waals surface area contributed by atoms with E-state index in [-0.39, 0.29) is 5.69 Å². The number of alkyl halides is 4. The molecule has 0 radical (unpaired) electrons. The molecular formula is C14H19ClF3N. The summed E-state index contributed by atoms with van der Waals surface area (Å²) >= 11 is 5.71. The van der Waals surface area contributed by atoms with E-state index in [2.05, 4.69) is 12.2 Å². The van der Waals surface area contributed by atoms with Gasteiger partial charge in [0.15, 0.2) is 0 Å². The Bertz CT molecular complexity index is 373. The number of hydrogen-bond donors (Lipinski definition) is 1. The summed E-state index contributed by atoms with van der Waals surface area (Å²) < 4.78 is 38.4. The lowest BCUT2D eigenvalue weighted by molar-refractivity contribution is -0.136. The van der Waals surface area contributed by atoms with Gasteiger partial charge in [0.1, 0.15) is 0 Å². The molecule has 0 aromatic heterocycles. The number of nitrogens with one attached hydrogen (secondary N) is 1. The monoisotopic (exact) mass is 293 g/mol. The molecule has 0 aliphatic rings. The molecule has 0 spiro atoms. The Balaban J connectivity index is 2.71. The predicted molar refractivity (Wildman–Crippen MR) is 73.7 cm³/mol. The van der Waals surface area contributed by atoms with Gasteiger partial charge in [-0.15, -0.1) is 11.6 Å². The van der Waals surface area contributed by atoms with Crippen LogP contribution in [-0.4, -0.2) is 12.4 Å². The van der Waals surface area contributed by atoms with Crippen LogP contribution in [0.3, 0.4) is 0 Å². The summed E-state index contributed by atoms with van der Waals surface area (Å²) in [6.07, 6.45) is -1.54. The van der Waals surface area contributed by atoms with Gasteiger partial charge >= 0.3 is 6.18 Å². The Kier molecular flexibility index (Phi) is 6.49. The van der Waals surface area contributed by atoms with E-state index in [0.29, 0.717) is 18.3 Å². The highest BCUT2D eigenvalue weighted by molar-refractivity contribution is 6.17. The highest BCUT2D eigenvalue weighted by atomic mass is 35.5. The highest BCUT2D eigenvalue weighted by Gasteiger charge is 2.33. The zero-order chi connectivity index (χ0) is 14.3. The molecule has 0 fully saturated rings. The fourth-order valence-corrected chi connectivity index (χ4v) is 2.36. The summed E-state index contributed by atoms with van der Waals surface area (Å²) in [6.45, 7) is 2.58. The third-order valence-corrected chi connectivity index (χ3v) is 3.25. The van der Waals surface area contributed by atoms with Crippen LogP contribution in [0.1, 0.15) is 31.7 Å². The molecule has 0 bridgehead atoms. The molecule has 1 atom stereocenters. The second-order valence-corrected chi connectivity index (χ2v) is 4.93. The first-order chi connectivity index (χ1) is 8.99. The number of anilines is 1. The zero-order valence-electron chi connectivity index (χ0n) is 10.9. The topological polar surface area (TPSA) is 12.0 Å². The Morgan fingerprint density at radius 3 is 2.47 bits per heavy atom. The third kappa shape index (κ3) is 5.31. The zero-order valence-corrected chi connectivity index (χ0v) is 11.7. The molecular weight excluding hydrogens is 275 g/mol. The van der Waals surface area contributed by atoms with Crippen molar-refractivity contribution in [2.24, 2.45) is 5.92 Å². The van der Waals surface area contributed by atoms with E-state index in [1.54, 1.807) is 6.07 Å². The molecule has 1 rings (SSSR count). The quantitative estimate of drug-likeness (QED) is 0.685. The Morgan fingerprint density at radius 2 is 1.89 bits per heavy atom. The molecule has 0 saturated heterocycles. The fourth-order valence-electron chi connectivity index (χ4n) is 2.05. The molecule has 108 valence electrons. The van der Waals surface area contributed by atoms with Crippen LogP contribution in [-0.2, 0) is 6.18 Å². The largest absolute Gasteiger partial charge is 0.418 e. The lowest BCUT2D eigenvalue weighted by atomic mass is 10.0. The van der Waals surface area contributed by atoms with Crippen LogP contribution in [0.5, 0.6) is 0 Å². The Morgan fingerprint density at radius 1 is 1.21 bits per heavy atom. The summed E-state index contributed by atoms with van der Waals surface area (Å²) in [6, 6.07) is 5.56. The predicted octanol–water partition coefficient (Wildman–Crippen LogP) is 5.16. The van der Waals surface area contributed by atoms with Crippen LogP contribution in [0.25, 0.3) is 0 Å². The molecule has 1 nitrogen and oxygen atoms in total. The van der Waals surface area contributed by atoms with E-state index in [1.165, 1.54) is 12.1 Å². The lowest BCUT2D eigenvalue weighted by Crippen LogP contribution is -2.17. The van der Waals surface area contributed by atoms with Gasteiger partial charge in [-0.25, -0.2) is 0 Å². The fraction of sp³-hybridized carbons (Fsp3) is 0.571. The van der Waals surface area contributed by atoms with Crippen molar-refractivity contribution in [2.75, 3.05) is 17.7 Å². The maximum Gasteiger partial charge on any atom is 0.418 e. The molecule has 5 heteroatoms. The molecule has 0 heterocycles. The maximum atomic E-state index is 12.8. The van der Waals surface area contributed by atoms with E-state index < -0.39 is 11.7 Å². The van der Waals surface area contributed by atoms with Crippen LogP contribution in [0.15, 0.2) is 24.3 Å². The summed E-state index contributed by atoms with van der Waals surface area (Å²) in [5.41, 5.74) is -0.471. The van der Waals surface area contributed by atoms with E-state index >= 15 is 0 Å². The van der Waals surface area contributed by atoms with Crippen LogP contribution in [0, 0.1) is 5.92 Å². The van der Waals surface area contributed by atoms with Gasteiger partial charge in [0, 0.05) is 18.1 Å². The van der Waals surface area contributed by atoms with Crippen LogP contribution < -0.4 is 5.32 Å². The van der Waals surface area contributed by atoms with E-state index in [9.17, 15) is 13.2 Å². The van der Waals surface area contributed by atoms with Crippen LogP contribution >= 0.6 is 11.6 Å². The first kappa shape index (κ1) is 16.2. The normalized spacial score (nSPS) is 13.3. The first-order valence-corrected chi connectivity index (χ1v) is 6.98. The minimum Gasteiger partial charge on any atom is -0.384 e. The molecule has 0 aliphatic heterocycles. The van der Waals surface area contributed by atoms with Crippen molar-refractivity contribution in [2.45, 2.75) is 32.4 Å². The van der Waals surface area contributed by atoms with E-state index in [1.807, 2.05) is 0 Å². The second kappa shape index (κ2) is 7.63. The molecule has 19 heavy (non-hydrogen) atoms. The van der Waals surface area contributed by atoms with E-state index in [4.69, 9.17) is 11.6 Å². The average Bonchev–Trinajstić information content (AvgIpc) is 2.36. The lowest BCUT2D eigenvalue weighted by Gasteiger charge is -2.19. The van der Waals surface area contributed by atoms with Crippen molar-refractivity contribution in [3.63, 3.8) is 0 Å². The number of hydrogen-bond acceptors (Lipinski definition) is 1. The summed E-state index contributed by atoms with van der Waals surface area (Å²) in [4.78, 5) is 0. The van der Waals surface area contributed by atoms with Gasteiger partial charge in [0.25, 0.3) is 0 Å². The van der Waals surface area contributed by atoms with Gasteiger partial charge in [-0.05, 0) is 30.9 Å². The number of benzene rings is 1. The maximum absolute atomic E-state index is 12.8. The standard InChI is InChI=1S/C14H19ClF3N/c1-2-5-11(8-9-15)10-19-13-7-4-3-6-12(13)14(16,17)18/h3-4,6-7,11,19H,2,5,8-10H2,1H3. The molecule has 1 aromatic carbocycles. The van der Waals surface area contributed by atoms with Crippen molar-refractivity contribution >= 4 is 17.3 Å². The number of halogens is 4. The van der Waals surface area contributed by atoms with E-state index in [0.717, 1.165) is 25.3 Å². The van der Waals surface area contributed by atoms with Crippen molar-refractivity contribution in [1.82, 2.24) is 0 Å². The van der Waals surface area contributed by atoms with Crippen LogP contribution in [0.4, 0.5) is 18.9 Å². The Labute approximate surface area is 117 Å². The summed E-state index contributed by atoms with van der Waals surface area (Å²) in [5.74, 6) is 0.844. The Hall–Kier alpha value is -0.900. The molecule has 0 amide bonds. The molecule has 1 aromatic rings. The average molecular weight is 294 g/mol. The van der Waals surface area contributed by atoms with Crippen molar-refractivity contribution < 1.29 is 13.2 Å². The molecule has 0 aliphatic carbocycles. The number of rotatable bonds is 7. The van der Waals surface area contributed by atoms with Gasteiger partial charge in [-0.1, -0.05) is 25.5 Å². The summed E-state index contributed by atoms with van der Waals surface area (Å²) in [7, 11) is 0. The van der Waals surface area contributed by atoms with Crippen molar-refractivity contribution in [3.05, 3.63) is 29.8 Å². The first-order valence-electron chi connectivity index (χ1n) is 6.45. The minimum atomic E-state index is -4.32. The molecule has 1 unspecified atom stereocenters. The minimum absolute atomic E-state index is 0.144. The summed E-state index contributed by atoms with van der Waals surface area (Å²) in [5, 5.41) is 2.91. The second-order valence-electron chi connectivity index (χ2n) is 4.56. The van der Waals surface area contributed by atoms with Gasteiger partial charge in [0.05, 0.1) is 5.56 Å². The van der Waals surface area contributed by atoms with Crippen molar-refractivity contribution in [3.8, 4) is 0 Å². The van der Waals surface area contributed by atoms with Gasteiger partial charge in [-0.2, -0.15) is 13.2 Å².